The van der Waals surface area contributed by atoms with Gasteiger partial charge < -0.3 is 24.3 Å². The molecule has 13 heteroatoms. The predicted molar refractivity (Wildman–Crippen MR) is 143 cm³/mol. The highest BCUT2D eigenvalue weighted by atomic mass is 19.4. The van der Waals surface area contributed by atoms with E-state index in [2.05, 4.69) is 10.3 Å². The van der Waals surface area contributed by atoms with E-state index < -0.39 is 48.0 Å². The van der Waals surface area contributed by atoms with Crippen LogP contribution in [0.3, 0.4) is 0 Å². The van der Waals surface area contributed by atoms with Gasteiger partial charge >= 0.3 is 18.1 Å². The van der Waals surface area contributed by atoms with Crippen molar-refractivity contribution < 1.29 is 41.8 Å². The highest BCUT2D eigenvalue weighted by Crippen LogP contribution is 2.32. The molecule has 0 aliphatic carbocycles. The van der Waals surface area contributed by atoms with Gasteiger partial charge in [0.05, 0.1) is 11.0 Å². The summed E-state index contributed by atoms with van der Waals surface area (Å²) in [6.07, 6.45) is -6.81. The molecule has 0 saturated carbocycles. The number of nitrogens with zero attached hydrogens (tertiary/aromatic N) is 3. The highest BCUT2D eigenvalue weighted by Gasteiger charge is 2.42. The van der Waals surface area contributed by atoms with Crippen molar-refractivity contribution in [3.05, 3.63) is 65.5 Å². The Morgan fingerprint density at radius 1 is 0.881 bits per heavy atom. The third kappa shape index (κ3) is 7.25. The number of amides is 2. The van der Waals surface area contributed by atoms with Gasteiger partial charge in [-0.3, -0.25) is 19.2 Å². The van der Waals surface area contributed by atoms with Gasteiger partial charge in [-0.25, -0.2) is 4.98 Å². The Hall–Kier alpha value is -4.42. The van der Waals surface area contributed by atoms with Crippen molar-refractivity contribution in [2.75, 3.05) is 6.54 Å². The van der Waals surface area contributed by atoms with E-state index >= 15 is 0 Å². The first-order valence-electron chi connectivity index (χ1n) is 13.5. The number of halogens is 3. The molecular formula is C29H31F3N4O6. The van der Waals surface area contributed by atoms with Crippen LogP contribution in [0, 0.1) is 0 Å². The molecule has 10 nitrogen and oxygen atoms in total. The molecule has 2 amide bonds. The second kappa shape index (κ2) is 13.0. The van der Waals surface area contributed by atoms with E-state index in [1.165, 1.54) is 11.0 Å². The zero-order chi connectivity index (χ0) is 30.4. The summed E-state index contributed by atoms with van der Waals surface area (Å²) in [7, 11) is 0. The van der Waals surface area contributed by atoms with Crippen LogP contribution in [0.4, 0.5) is 13.2 Å². The van der Waals surface area contributed by atoms with Crippen LogP contribution in [0.2, 0.25) is 0 Å². The molecule has 1 N–H and O–H groups in total. The zero-order valence-corrected chi connectivity index (χ0v) is 23.1. The predicted octanol–water partition coefficient (Wildman–Crippen LogP) is 3.75. The summed E-state index contributed by atoms with van der Waals surface area (Å²) < 4.78 is 52.0. The van der Waals surface area contributed by atoms with Crippen LogP contribution < -0.4 is 5.32 Å². The first-order valence-corrected chi connectivity index (χ1v) is 13.5. The lowest BCUT2D eigenvalue weighted by Gasteiger charge is -2.28. The van der Waals surface area contributed by atoms with Crippen molar-refractivity contribution in [2.24, 2.45) is 0 Å². The Labute approximate surface area is 239 Å². The fourth-order valence-corrected chi connectivity index (χ4v) is 4.92. The third-order valence-electron chi connectivity index (χ3n) is 6.78. The van der Waals surface area contributed by atoms with Crippen LogP contribution in [0.25, 0.3) is 11.0 Å². The number of rotatable bonds is 11. The van der Waals surface area contributed by atoms with Crippen LogP contribution in [0.15, 0.2) is 48.5 Å². The molecule has 1 aliphatic rings. The van der Waals surface area contributed by atoms with Crippen molar-refractivity contribution in [3.63, 3.8) is 0 Å². The van der Waals surface area contributed by atoms with Gasteiger partial charge in [-0.05, 0) is 42.5 Å². The van der Waals surface area contributed by atoms with Gasteiger partial charge in [-0.15, -0.1) is 0 Å². The SMILES string of the molecule is CC(=O)O[C@@H](C(=O)NCCCCCn1c(C(F)(F)F)nc2ccccc21)[C@@H](OC(C)=O)C(=O)N1Cc2ccccc2C1. The van der Waals surface area contributed by atoms with Crippen LogP contribution in [-0.2, 0) is 54.5 Å². The van der Waals surface area contributed by atoms with Crippen molar-refractivity contribution >= 4 is 34.8 Å². The number of para-hydroxylation sites is 2. The van der Waals surface area contributed by atoms with E-state index in [0.717, 1.165) is 29.5 Å². The van der Waals surface area contributed by atoms with Crippen molar-refractivity contribution in [1.82, 2.24) is 19.8 Å². The number of alkyl halides is 3. The Kier molecular flexibility index (Phi) is 9.48. The standard InChI is InChI=1S/C29H31F3N4O6/c1-18(37)41-24(25(42-19(2)38)27(40)35-16-20-10-4-5-11-21(20)17-35)26(39)33-14-8-3-9-15-36-23-13-7-6-12-22(23)34-28(36)29(30,31)32/h4-7,10-13,24-25H,3,8-9,14-17H2,1-2H3,(H,33,39)/t24-,25-/m1/s1. The maximum absolute atomic E-state index is 13.5. The summed E-state index contributed by atoms with van der Waals surface area (Å²) in [6.45, 7) is 2.78. The van der Waals surface area contributed by atoms with E-state index in [0.29, 0.717) is 24.8 Å². The number of unbranched alkanes of at least 4 members (excludes halogenated alkanes) is 2. The average Bonchev–Trinajstić information content (AvgIpc) is 3.54. The van der Waals surface area contributed by atoms with E-state index in [-0.39, 0.29) is 31.7 Å². The van der Waals surface area contributed by atoms with Crippen LogP contribution >= 0.6 is 0 Å². The minimum atomic E-state index is -4.60. The van der Waals surface area contributed by atoms with Gasteiger partial charge in [0.2, 0.25) is 18.0 Å². The average molecular weight is 589 g/mol. The zero-order valence-electron chi connectivity index (χ0n) is 23.1. The monoisotopic (exact) mass is 588 g/mol. The summed E-state index contributed by atoms with van der Waals surface area (Å²) >= 11 is 0. The van der Waals surface area contributed by atoms with Gasteiger partial charge in [-0.2, -0.15) is 13.2 Å². The second-order valence-corrected chi connectivity index (χ2v) is 9.95. The largest absolute Gasteiger partial charge is 0.449 e. The molecule has 1 aliphatic heterocycles. The number of esters is 2. The lowest BCUT2D eigenvalue weighted by atomic mass is 10.1. The number of aromatic nitrogens is 2. The Morgan fingerprint density at radius 2 is 1.48 bits per heavy atom. The fourth-order valence-electron chi connectivity index (χ4n) is 4.92. The number of aryl methyl sites for hydroxylation is 1. The van der Waals surface area contributed by atoms with E-state index in [4.69, 9.17) is 9.47 Å². The molecule has 2 atom stereocenters. The summed E-state index contributed by atoms with van der Waals surface area (Å²) in [4.78, 5) is 55.3. The number of nitrogens with one attached hydrogen (secondary N) is 1. The summed E-state index contributed by atoms with van der Waals surface area (Å²) in [5.41, 5.74) is 2.45. The second-order valence-electron chi connectivity index (χ2n) is 9.95. The molecule has 224 valence electrons. The number of hydrogen-bond donors (Lipinski definition) is 1. The van der Waals surface area contributed by atoms with Crippen LogP contribution in [0.5, 0.6) is 0 Å². The van der Waals surface area contributed by atoms with E-state index in [1.807, 2.05) is 24.3 Å². The molecule has 0 unspecified atom stereocenters. The van der Waals surface area contributed by atoms with Crippen molar-refractivity contribution in [1.29, 1.82) is 0 Å². The molecule has 0 spiro atoms. The molecule has 2 aromatic carbocycles. The quantitative estimate of drug-likeness (QED) is 0.268. The number of carbonyl (C=O) groups excluding carboxylic acids is 4. The van der Waals surface area contributed by atoms with E-state index in [9.17, 15) is 32.3 Å². The Bertz CT molecular complexity index is 1450. The van der Waals surface area contributed by atoms with Crippen LogP contribution in [0.1, 0.15) is 50.1 Å². The maximum Gasteiger partial charge on any atom is 0.449 e. The number of ether oxygens (including phenoxy) is 2. The van der Waals surface area contributed by atoms with Gasteiger partial charge in [0.1, 0.15) is 0 Å². The molecule has 0 radical (unpaired) electrons. The molecule has 4 rings (SSSR count). The van der Waals surface area contributed by atoms with Gasteiger partial charge in [0.15, 0.2) is 0 Å². The summed E-state index contributed by atoms with van der Waals surface area (Å²) in [6, 6.07) is 13.7. The fraction of sp³-hybridized carbons (Fsp3) is 0.414. The minimum Gasteiger partial charge on any atom is -0.448 e. The summed E-state index contributed by atoms with van der Waals surface area (Å²) in [5, 5.41) is 2.59. The molecule has 3 aromatic rings. The normalized spacial score (nSPS) is 14.3. The molecule has 2 heterocycles. The number of imidazole rings is 1. The minimum absolute atomic E-state index is 0.0701. The van der Waals surface area contributed by atoms with Crippen LogP contribution in [-0.4, -0.2) is 57.0 Å². The third-order valence-corrected chi connectivity index (χ3v) is 6.78. The molecule has 42 heavy (non-hydrogen) atoms. The molecule has 0 saturated heterocycles. The van der Waals surface area contributed by atoms with Gasteiger partial charge in [0.25, 0.3) is 11.8 Å². The lowest BCUT2D eigenvalue weighted by Crippen LogP contribution is -2.53. The number of carbonyl (C=O) groups is 4. The lowest BCUT2D eigenvalue weighted by molar-refractivity contribution is -0.178. The maximum atomic E-state index is 13.5. The Balaban J connectivity index is 1.35. The van der Waals surface area contributed by atoms with E-state index in [1.54, 1.807) is 18.2 Å². The molecular weight excluding hydrogens is 557 g/mol. The highest BCUT2D eigenvalue weighted by molar-refractivity contribution is 5.93. The first-order chi connectivity index (χ1) is 20.0. The smallest absolute Gasteiger partial charge is 0.448 e. The van der Waals surface area contributed by atoms with Gasteiger partial charge in [-0.1, -0.05) is 36.4 Å². The number of fused-ring (bicyclic) bond motifs is 2. The first kappa shape index (κ1) is 30.5. The molecule has 0 fully saturated rings. The van der Waals surface area contributed by atoms with Crippen molar-refractivity contribution in [3.8, 4) is 0 Å². The molecule has 0 bridgehead atoms. The summed E-state index contributed by atoms with van der Waals surface area (Å²) in [5.74, 6) is -4.17. The topological polar surface area (TPSA) is 120 Å². The van der Waals surface area contributed by atoms with Gasteiger partial charge in [0, 0.05) is 40.0 Å². The van der Waals surface area contributed by atoms with Crippen molar-refractivity contribution in [2.45, 2.75) is 71.1 Å². The number of hydrogen-bond acceptors (Lipinski definition) is 7. The Morgan fingerprint density at radius 3 is 2.10 bits per heavy atom. The number of benzene rings is 2. The molecule has 1 aromatic heterocycles.